The number of nitrogens with zero attached hydrogens (tertiary/aromatic N) is 2. The van der Waals surface area contributed by atoms with E-state index in [1.165, 1.54) is 54.6 Å². The van der Waals surface area contributed by atoms with Crippen LogP contribution in [0, 0.1) is 11.8 Å². The van der Waals surface area contributed by atoms with Gasteiger partial charge in [-0.05, 0) is 79.9 Å². The smallest absolute Gasteiger partial charge is 0.228 e. The summed E-state index contributed by atoms with van der Waals surface area (Å²) in [6.45, 7) is 7.07. The average Bonchev–Trinajstić information content (AvgIpc) is 3.37. The third-order valence-electron chi connectivity index (χ3n) is 10.3. The molecule has 2 saturated heterocycles. The number of rotatable bonds is 4. The van der Waals surface area contributed by atoms with E-state index in [-0.39, 0.29) is 11.3 Å². The highest BCUT2D eigenvalue weighted by molar-refractivity contribution is 5.82. The lowest BCUT2D eigenvalue weighted by Crippen LogP contribution is -2.55. The van der Waals surface area contributed by atoms with Gasteiger partial charge in [-0.15, -0.1) is 0 Å². The van der Waals surface area contributed by atoms with E-state index in [4.69, 9.17) is 4.98 Å². The van der Waals surface area contributed by atoms with Crippen LogP contribution in [0.3, 0.4) is 0 Å². The molecule has 1 spiro atoms. The summed E-state index contributed by atoms with van der Waals surface area (Å²) in [6, 6.07) is 16.0. The van der Waals surface area contributed by atoms with Gasteiger partial charge in [-0.2, -0.15) is 0 Å². The molecule has 6 rings (SSSR count). The van der Waals surface area contributed by atoms with E-state index >= 15 is 0 Å². The molecule has 1 saturated carbocycles. The maximum atomic E-state index is 14.6. The summed E-state index contributed by atoms with van der Waals surface area (Å²) in [5, 5.41) is 3.68. The van der Waals surface area contributed by atoms with Gasteiger partial charge in [0.25, 0.3) is 0 Å². The fraction of sp³-hybridized carbons (Fsp3) is 0.636. The molecule has 0 radical (unpaired) electrons. The highest BCUT2D eigenvalue weighted by atomic mass is 16.2. The fourth-order valence-electron chi connectivity index (χ4n) is 8.28. The summed E-state index contributed by atoms with van der Waals surface area (Å²) in [5.41, 5.74) is 5.17. The Labute approximate surface area is 223 Å². The Morgan fingerprint density at radius 3 is 2.62 bits per heavy atom. The maximum absolute atomic E-state index is 14.6. The second-order valence-electron chi connectivity index (χ2n) is 12.7. The van der Waals surface area contributed by atoms with Crippen LogP contribution in [0.1, 0.15) is 106 Å². The first-order valence-electron chi connectivity index (χ1n) is 15.1. The van der Waals surface area contributed by atoms with Crippen molar-refractivity contribution in [3.05, 3.63) is 65.0 Å². The highest BCUT2D eigenvalue weighted by Crippen LogP contribution is 2.47. The first-order chi connectivity index (χ1) is 18.1. The van der Waals surface area contributed by atoms with Crippen LogP contribution < -0.4 is 5.32 Å². The maximum Gasteiger partial charge on any atom is 0.228 e. The molecule has 2 aliphatic heterocycles. The zero-order valence-electron chi connectivity index (χ0n) is 22.9. The van der Waals surface area contributed by atoms with Crippen molar-refractivity contribution in [1.82, 2.24) is 15.2 Å². The molecule has 3 fully saturated rings. The summed E-state index contributed by atoms with van der Waals surface area (Å²) in [7, 11) is 0. The topological polar surface area (TPSA) is 45.2 Å². The minimum atomic E-state index is -0.0967. The molecule has 1 aromatic heterocycles. The SMILES string of the molecule is CC(C)c1ccc2c(n1)CCCC21CNC[C@H]1C(=O)N1CC[C@@H](c2ccccc2)C[C@H]1C1CCCCC1. The van der Waals surface area contributed by atoms with E-state index in [9.17, 15) is 4.79 Å². The largest absolute Gasteiger partial charge is 0.339 e. The van der Waals surface area contributed by atoms with Gasteiger partial charge in [-0.3, -0.25) is 9.78 Å². The molecule has 1 N–H and O–H groups in total. The number of hydrogen-bond acceptors (Lipinski definition) is 3. The van der Waals surface area contributed by atoms with Crippen LogP contribution in [0.4, 0.5) is 0 Å². The lowest BCUT2D eigenvalue weighted by atomic mass is 9.64. The Balaban J connectivity index is 1.30. The van der Waals surface area contributed by atoms with Crippen molar-refractivity contribution in [2.24, 2.45) is 11.8 Å². The first kappa shape index (κ1) is 25.1. The van der Waals surface area contributed by atoms with E-state index in [0.29, 0.717) is 29.7 Å². The van der Waals surface area contributed by atoms with E-state index < -0.39 is 0 Å². The zero-order chi connectivity index (χ0) is 25.4. The van der Waals surface area contributed by atoms with Crippen LogP contribution in [-0.4, -0.2) is 41.5 Å². The van der Waals surface area contributed by atoms with Gasteiger partial charge in [0.05, 0.1) is 5.92 Å². The predicted octanol–water partition coefficient (Wildman–Crippen LogP) is 6.35. The molecule has 1 aromatic carbocycles. The van der Waals surface area contributed by atoms with Crippen molar-refractivity contribution < 1.29 is 4.79 Å². The van der Waals surface area contributed by atoms with E-state index in [0.717, 1.165) is 51.7 Å². The van der Waals surface area contributed by atoms with E-state index in [1.54, 1.807) is 0 Å². The summed E-state index contributed by atoms with van der Waals surface area (Å²) >= 11 is 0. The molecule has 2 aliphatic carbocycles. The summed E-state index contributed by atoms with van der Waals surface area (Å²) in [5.74, 6) is 2.11. The number of aromatic nitrogens is 1. The van der Waals surface area contributed by atoms with Crippen molar-refractivity contribution in [3.8, 4) is 0 Å². The van der Waals surface area contributed by atoms with Crippen molar-refractivity contribution in [2.45, 2.75) is 101 Å². The second kappa shape index (κ2) is 10.5. The quantitative estimate of drug-likeness (QED) is 0.533. The zero-order valence-corrected chi connectivity index (χ0v) is 22.9. The van der Waals surface area contributed by atoms with Crippen LogP contribution in [0.15, 0.2) is 42.5 Å². The third kappa shape index (κ3) is 4.64. The molecular weight excluding hydrogens is 454 g/mol. The van der Waals surface area contributed by atoms with Crippen LogP contribution >= 0.6 is 0 Å². The molecule has 0 bridgehead atoms. The number of fused-ring (bicyclic) bond motifs is 2. The number of likely N-dealkylation sites (tertiary alicyclic amines) is 1. The normalized spacial score (nSPS) is 30.6. The molecule has 3 heterocycles. The number of aryl methyl sites for hydroxylation is 1. The fourth-order valence-corrected chi connectivity index (χ4v) is 8.28. The van der Waals surface area contributed by atoms with Gasteiger partial charge in [0.15, 0.2) is 0 Å². The summed E-state index contributed by atoms with van der Waals surface area (Å²) < 4.78 is 0. The minimum absolute atomic E-state index is 0.0256. The highest BCUT2D eigenvalue weighted by Gasteiger charge is 2.52. The van der Waals surface area contributed by atoms with Gasteiger partial charge in [-0.25, -0.2) is 0 Å². The number of nitrogens with one attached hydrogen (secondary N) is 1. The van der Waals surface area contributed by atoms with Gasteiger partial charge in [0.1, 0.15) is 0 Å². The molecule has 4 nitrogen and oxygen atoms in total. The number of carbonyl (C=O) groups excluding carboxylic acids is 1. The molecular formula is C33H45N3O. The Kier molecular flexibility index (Phi) is 7.13. The standard InChI is InChI=1S/C33H45N3O/c1-23(2)29-16-15-27-30(35-29)14-9-18-33(27)22-34-21-28(33)32(37)36-19-17-26(24-10-5-3-6-11-24)20-31(36)25-12-7-4-8-13-25/h3,5-6,10-11,15-16,23,25-26,28,31,34H,4,7-9,12-14,17-22H2,1-2H3/t26-,28+,31+,33?/m1/s1. The van der Waals surface area contributed by atoms with Gasteiger partial charge >= 0.3 is 0 Å². The molecule has 1 unspecified atom stereocenters. The average molecular weight is 500 g/mol. The third-order valence-corrected chi connectivity index (χ3v) is 10.3. The Morgan fingerprint density at radius 2 is 1.84 bits per heavy atom. The van der Waals surface area contributed by atoms with Crippen LogP contribution in [-0.2, 0) is 16.6 Å². The number of pyridine rings is 1. The predicted molar refractivity (Wildman–Crippen MR) is 150 cm³/mol. The van der Waals surface area contributed by atoms with Crippen molar-refractivity contribution in [2.75, 3.05) is 19.6 Å². The van der Waals surface area contributed by atoms with Gasteiger partial charge in [0.2, 0.25) is 5.91 Å². The lowest BCUT2D eigenvalue weighted by molar-refractivity contribution is -0.143. The molecule has 4 atom stereocenters. The van der Waals surface area contributed by atoms with E-state index in [2.05, 4.69) is 66.5 Å². The first-order valence-corrected chi connectivity index (χ1v) is 15.1. The molecule has 198 valence electrons. The molecule has 4 heteroatoms. The van der Waals surface area contributed by atoms with Gasteiger partial charge in [0, 0.05) is 42.5 Å². The number of hydrogen-bond donors (Lipinski definition) is 1. The van der Waals surface area contributed by atoms with Crippen molar-refractivity contribution >= 4 is 5.91 Å². The number of amides is 1. The Hall–Kier alpha value is -2.20. The Morgan fingerprint density at radius 1 is 1.03 bits per heavy atom. The molecule has 37 heavy (non-hydrogen) atoms. The number of carbonyl (C=O) groups is 1. The molecule has 1 amide bonds. The second-order valence-corrected chi connectivity index (χ2v) is 12.7. The summed E-state index contributed by atoms with van der Waals surface area (Å²) in [6.07, 6.45) is 12.1. The molecule has 2 aromatic rings. The van der Waals surface area contributed by atoms with Gasteiger partial charge in [-0.1, -0.05) is 69.5 Å². The minimum Gasteiger partial charge on any atom is -0.339 e. The number of benzene rings is 1. The van der Waals surface area contributed by atoms with Crippen LogP contribution in [0.5, 0.6) is 0 Å². The lowest BCUT2D eigenvalue weighted by Gasteiger charge is -2.48. The monoisotopic (exact) mass is 499 g/mol. The van der Waals surface area contributed by atoms with Crippen LogP contribution in [0.25, 0.3) is 0 Å². The molecule has 4 aliphatic rings. The van der Waals surface area contributed by atoms with E-state index in [1.807, 2.05) is 0 Å². The number of piperidine rings is 1. The Bertz CT molecular complexity index is 1090. The van der Waals surface area contributed by atoms with Gasteiger partial charge < -0.3 is 10.2 Å². The van der Waals surface area contributed by atoms with Crippen molar-refractivity contribution in [3.63, 3.8) is 0 Å². The van der Waals surface area contributed by atoms with Crippen molar-refractivity contribution in [1.29, 1.82) is 0 Å². The van der Waals surface area contributed by atoms with Crippen LogP contribution in [0.2, 0.25) is 0 Å². The summed E-state index contributed by atoms with van der Waals surface area (Å²) in [4.78, 5) is 22.1.